The maximum atomic E-state index is 13.1. The minimum atomic E-state index is -0.156. The van der Waals surface area contributed by atoms with Gasteiger partial charge in [-0.1, -0.05) is 0 Å². The Kier molecular flexibility index (Phi) is 4.47. The summed E-state index contributed by atoms with van der Waals surface area (Å²) < 4.78 is 3.87. The zero-order valence-electron chi connectivity index (χ0n) is 15.3. The van der Waals surface area contributed by atoms with Gasteiger partial charge in [0.15, 0.2) is 0 Å². The number of piperidine rings is 1. The first-order valence-corrected chi connectivity index (χ1v) is 8.68. The predicted octanol–water partition coefficient (Wildman–Crippen LogP) is 2.51. The van der Waals surface area contributed by atoms with Crippen LogP contribution >= 0.6 is 0 Å². The Balaban J connectivity index is 1.76. The smallest absolute Gasteiger partial charge is 0.230 e. The maximum absolute atomic E-state index is 13.1. The predicted molar refractivity (Wildman–Crippen MR) is 92.9 cm³/mol. The zero-order valence-corrected chi connectivity index (χ0v) is 15.3. The van der Waals surface area contributed by atoms with Crippen molar-refractivity contribution in [2.45, 2.75) is 52.5 Å². The molecule has 0 aromatic carbocycles. The van der Waals surface area contributed by atoms with Gasteiger partial charge < -0.3 is 4.90 Å². The number of rotatable bonds is 3. The summed E-state index contributed by atoms with van der Waals surface area (Å²) in [4.78, 5) is 15.1. The van der Waals surface area contributed by atoms with E-state index in [1.54, 1.807) is 0 Å². The van der Waals surface area contributed by atoms with Crippen LogP contribution in [-0.4, -0.2) is 43.5 Å². The number of amides is 1. The minimum Gasteiger partial charge on any atom is -0.340 e. The topological polar surface area (TPSA) is 56.0 Å². The highest BCUT2D eigenvalue weighted by Gasteiger charge is 2.30. The lowest BCUT2D eigenvalue weighted by atomic mass is 9.96. The van der Waals surface area contributed by atoms with Crippen molar-refractivity contribution >= 4 is 5.91 Å². The molecule has 0 aliphatic carbocycles. The van der Waals surface area contributed by atoms with Gasteiger partial charge in [-0.15, -0.1) is 0 Å². The molecule has 1 aliphatic rings. The van der Waals surface area contributed by atoms with E-state index in [2.05, 4.69) is 16.4 Å². The van der Waals surface area contributed by atoms with Gasteiger partial charge >= 0.3 is 0 Å². The molecule has 130 valence electrons. The average molecular weight is 329 g/mol. The van der Waals surface area contributed by atoms with Gasteiger partial charge in [0.25, 0.3) is 0 Å². The Morgan fingerprint density at radius 1 is 1.33 bits per heavy atom. The van der Waals surface area contributed by atoms with Crippen LogP contribution in [-0.2, 0) is 11.8 Å². The molecule has 2 atom stereocenters. The molecule has 0 N–H and O–H groups in total. The fourth-order valence-corrected chi connectivity index (χ4v) is 3.82. The fourth-order valence-electron chi connectivity index (χ4n) is 3.82. The monoisotopic (exact) mass is 329 g/mol. The highest BCUT2D eigenvalue weighted by molar-refractivity contribution is 5.84. The van der Waals surface area contributed by atoms with Gasteiger partial charge in [0, 0.05) is 37.6 Å². The molecule has 0 saturated carbocycles. The zero-order chi connectivity index (χ0) is 17.4. The second kappa shape index (κ2) is 6.42. The number of carbonyl (C=O) groups is 1. The van der Waals surface area contributed by atoms with Crippen molar-refractivity contribution in [1.29, 1.82) is 0 Å². The van der Waals surface area contributed by atoms with Crippen LogP contribution in [0.2, 0.25) is 0 Å². The summed E-state index contributed by atoms with van der Waals surface area (Å²) in [5.74, 6) is 0.0413. The maximum Gasteiger partial charge on any atom is 0.230 e. The molecule has 2 aromatic heterocycles. The standard InChI is InChI=1S/C18H27N5O/c1-12-9-19-23(10-12)16-7-6-8-22(11-16)18(24)13(2)17-14(3)20-21(5)15(17)4/h9-10,13,16H,6-8,11H2,1-5H3/t13-,16+/m1/s1. The van der Waals surface area contributed by atoms with Crippen molar-refractivity contribution < 1.29 is 4.79 Å². The molecule has 24 heavy (non-hydrogen) atoms. The van der Waals surface area contributed by atoms with E-state index >= 15 is 0 Å². The van der Waals surface area contributed by atoms with Gasteiger partial charge in [-0.05, 0) is 46.1 Å². The second-order valence-corrected chi connectivity index (χ2v) is 7.01. The van der Waals surface area contributed by atoms with E-state index in [-0.39, 0.29) is 17.9 Å². The summed E-state index contributed by atoms with van der Waals surface area (Å²) >= 11 is 0. The third-order valence-electron chi connectivity index (χ3n) is 5.18. The van der Waals surface area contributed by atoms with Crippen molar-refractivity contribution in [3.05, 3.63) is 34.9 Å². The van der Waals surface area contributed by atoms with Crippen LogP contribution in [0.25, 0.3) is 0 Å². The molecule has 6 heteroatoms. The molecule has 0 bridgehead atoms. The first kappa shape index (κ1) is 16.7. The van der Waals surface area contributed by atoms with Crippen LogP contribution < -0.4 is 0 Å². The van der Waals surface area contributed by atoms with Gasteiger partial charge in [0.1, 0.15) is 0 Å². The first-order chi connectivity index (χ1) is 11.4. The Labute approximate surface area is 143 Å². The van der Waals surface area contributed by atoms with E-state index in [1.807, 2.05) is 55.2 Å². The Hall–Kier alpha value is -2.11. The van der Waals surface area contributed by atoms with Crippen molar-refractivity contribution in [3.63, 3.8) is 0 Å². The fraction of sp³-hybridized carbons (Fsp3) is 0.611. The van der Waals surface area contributed by atoms with Gasteiger partial charge in [0.05, 0.1) is 23.9 Å². The van der Waals surface area contributed by atoms with Crippen LogP contribution in [0.5, 0.6) is 0 Å². The molecule has 1 amide bonds. The molecule has 0 radical (unpaired) electrons. The number of aromatic nitrogens is 4. The van der Waals surface area contributed by atoms with E-state index in [1.165, 1.54) is 0 Å². The van der Waals surface area contributed by atoms with Crippen LogP contribution in [0.3, 0.4) is 0 Å². The van der Waals surface area contributed by atoms with Crippen molar-refractivity contribution in [2.24, 2.45) is 7.05 Å². The highest BCUT2D eigenvalue weighted by Crippen LogP contribution is 2.28. The molecular weight excluding hydrogens is 302 g/mol. The average Bonchev–Trinajstić information content (AvgIpc) is 3.10. The number of aryl methyl sites for hydroxylation is 3. The number of likely N-dealkylation sites (tertiary alicyclic amines) is 1. The molecule has 1 fully saturated rings. The Bertz CT molecular complexity index is 745. The summed E-state index contributed by atoms with van der Waals surface area (Å²) in [5.41, 5.74) is 4.25. The molecule has 0 spiro atoms. The molecule has 1 saturated heterocycles. The molecule has 0 unspecified atom stereocenters. The highest BCUT2D eigenvalue weighted by atomic mass is 16.2. The third-order valence-corrected chi connectivity index (χ3v) is 5.18. The van der Waals surface area contributed by atoms with Gasteiger partial charge in [-0.2, -0.15) is 10.2 Å². The van der Waals surface area contributed by atoms with Crippen LogP contribution in [0, 0.1) is 20.8 Å². The molecule has 3 heterocycles. The van der Waals surface area contributed by atoms with E-state index in [0.29, 0.717) is 0 Å². The van der Waals surface area contributed by atoms with Crippen molar-refractivity contribution in [2.75, 3.05) is 13.1 Å². The van der Waals surface area contributed by atoms with E-state index < -0.39 is 0 Å². The minimum absolute atomic E-state index is 0.156. The van der Waals surface area contributed by atoms with Crippen molar-refractivity contribution in [3.8, 4) is 0 Å². The SMILES string of the molecule is Cc1cnn([C@H]2CCCN(C(=O)[C@H](C)c3c(C)nn(C)c3C)C2)c1. The van der Waals surface area contributed by atoms with Crippen LogP contribution in [0.15, 0.2) is 12.4 Å². The summed E-state index contributed by atoms with van der Waals surface area (Å²) in [5, 5.41) is 8.89. The second-order valence-electron chi connectivity index (χ2n) is 7.01. The molecular formula is C18H27N5O. The lowest BCUT2D eigenvalue weighted by Gasteiger charge is -2.34. The van der Waals surface area contributed by atoms with E-state index in [0.717, 1.165) is 48.4 Å². The van der Waals surface area contributed by atoms with Crippen LogP contribution in [0.4, 0.5) is 0 Å². The van der Waals surface area contributed by atoms with E-state index in [9.17, 15) is 4.79 Å². The Morgan fingerprint density at radius 3 is 2.67 bits per heavy atom. The summed E-state index contributed by atoms with van der Waals surface area (Å²) in [7, 11) is 1.93. The lowest BCUT2D eigenvalue weighted by molar-refractivity contribution is -0.134. The van der Waals surface area contributed by atoms with Gasteiger partial charge in [0.2, 0.25) is 5.91 Å². The summed E-state index contributed by atoms with van der Waals surface area (Å²) in [6.45, 7) is 9.63. The molecule has 1 aliphatic heterocycles. The number of carbonyl (C=O) groups excluding carboxylic acids is 1. The van der Waals surface area contributed by atoms with Gasteiger partial charge in [-0.25, -0.2) is 0 Å². The lowest BCUT2D eigenvalue weighted by Crippen LogP contribution is -2.42. The Morgan fingerprint density at radius 2 is 2.08 bits per heavy atom. The number of nitrogens with zero attached hydrogens (tertiary/aromatic N) is 5. The molecule has 6 nitrogen and oxygen atoms in total. The number of hydrogen-bond donors (Lipinski definition) is 0. The summed E-state index contributed by atoms with van der Waals surface area (Å²) in [6, 6.07) is 0.277. The third kappa shape index (κ3) is 2.97. The van der Waals surface area contributed by atoms with Crippen LogP contribution in [0.1, 0.15) is 54.2 Å². The largest absolute Gasteiger partial charge is 0.340 e. The number of hydrogen-bond acceptors (Lipinski definition) is 3. The first-order valence-electron chi connectivity index (χ1n) is 8.68. The normalized spacial score (nSPS) is 19.5. The molecule has 3 rings (SSSR count). The summed E-state index contributed by atoms with van der Waals surface area (Å²) in [6.07, 6.45) is 6.04. The van der Waals surface area contributed by atoms with Crippen molar-refractivity contribution in [1.82, 2.24) is 24.5 Å². The van der Waals surface area contributed by atoms with E-state index in [4.69, 9.17) is 0 Å². The van der Waals surface area contributed by atoms with Gasteiger partial charge in [-0.3, -0.25) is 14.2 Å². The molecule has 2 aromatic rings. The quantitative estimate of drug-likeness (QED) is 0.869.